The molecule has 1 aliphatic heterocycles. The van der Waals surface area contributed by atoms with Crippen LogP contribution in [0.5, 0.6) is 5.75 Å². The topological polar surface area (TPSA) is 93.9 Å². The molecule has 1 N–H and O–H groups in total. The van der Waals surface area contributed by atoms with Crippen molar-refractivity contribution >= 4 is 22.6 Å². The van der Waals surface area contributed by atoms with E-state index in [1.807, 2.05) is 0 Å². The Morgan fingerprint density at radius 2 is 1.90 bits per heavy atom. The van der Waals surface area contributed by atoms with Gasteiger partial charge in [-0.15, -0.1) is 10.2 Å². The molecule has 1 saturated heterocycles. The maximum atomic E-state index is 14.5. The van der Waals surface area contributed by atoms with Crippen molar-refractivity contribution in [3.8, 4) is 17.3 Å². The van der Waals surface area contributed by atoms with Gasteiger partial charge in [0.05, 0.1) is 7.11 Å². The van der Waals surface area contributed by atoms with Gasteiger partial charge in [-0.2, -0.15) is 13.2 Å². The molecule has 212 valence electrons. The number of carbonyl (C=O) groups excluding carboxylic acids is 1. The lowest BCUT2D eigenvalue weighted by atomic mass is 10.1. The standard InChI is InChI=1S/C27H28F4N6O3/c1-26(2,3)40-25(38)32-18-9-10-36(14-18)23(27(29,30)31)16-6-8-21-34-35-24(37(21)13-16)19-7-5-15-11-17(28)12-20(39-4)22(15)33-19/h5-8,11-13,18,23H,9-10,14H2,1-4H3,(H,32,38)/t18-,23+/m0/s1. The number of methoxy groups -OCH3 is 1. The average molecular weight is 561 g/mol. The zero-order valence-electron chi connectivity index (χ0n) is 22.3. The first-order valence-electron chi connectivity index (χ1n) is 12.6. The second-order valence-corrected chi connectivity index (χ2v) is 10.7. The first-order valence-corrected chi connectivity index (χ1v) is 12.6. The Balaban J connectivity index is 1.47. The van der Waals surface area contributed by atoms with Crippen LogP contribution in [0.15, 0.2) is 42.6 Å². The minimum atomic E-state index is -4.60. The molecule has 1 aromatic carbocycles. The molecule has 4 aromatic rings. The summed E-state index contributed by atoms with van der Waals surface area (Å²) in [5.41, 5.74) is 0.304. The summed E-state index contributed by atoms with van der Waals surface area (Å²) >= 11 is 0. The number of hydrogen-bond acceptors (Lipinski definition) is 7. The van der Waals surface area contributed by atoms with E-state index < -0.39 is 35.8 Å². The van der Waals surface area contributed by atoms with Crippen LogP contribution in [0.2, 0.25) is 0 Å². The fourth-order valence-corrected chi connectivity index (χ4v) is 4.91. The smallest absolute Gasteiger partial charge is 0.408 e. The number of amides is 1. The number of nitrogens with one attached hydrogen (secondary N) is 1. The van der Waals surface area contributed by atoms with Gasteiger partial charge in [-0.3, -0.25) is 9.30 Å². The van der Waals surface area contributed by atoms with Gasteiger partial charge in [0.25, 0.3) is 0 Å². The Morgan fingerprint density at radius 3 is 2.60 bits per heavy atom. The van der Waals surface area contributed by atoms with Crippen molar-refractivity contribution < 1.29 is 31.8 Å². The summed E-state index contributed by atoms with van der Waals surface area (Å²) in [6, 6.07) is 6.17. The molecule has 0 saturated carbocycles. The molecule has 4 heterocycles. The molecule has 1 fully saturated rings. The minimum absolute atomic E-state index is 0.000916. The first kappa shape index (κ1) is 27.6. The summed E-state index contributed by atoms with van der Waals surface area (Å²) in [5.74, 6) is -0.0517. The van der Waals surface area contributed by atoms with Gasteiger partial charge in [0.15, 0.2) is 11.5 Å². The van der Waals surface area contributed by atoms with Crippen molar-refractivity contribution in [3.05, 3.63) is 54.0 Å². The minimum Gasteiger partial charge on any atom is -0.494 e. The molecule has 13 heteroatoms. The van der Waals surface area contributed by atoms with Crippen LogP contribution in [0, 0.1) is 5.82 Å². The van der Waals surface area contributed by atoms with Gasteiger partial charge in [0, 0.05) is 36.8 Å². The zero-order chi connectivity index (χ0) is 28.8. The second-order valence-electron chi connectivity index (χ2n) is 10.7. The monoisotopic (exact) mass is 560 g/mol. The Labute approximate surface area is 227 Å². The molecule has 0 spiro atoms. The third-order valence-electron chi connectivity index (χ3n) is 6.53. The number of ether oxygens (including phenoxy) is 2. The third-order valence-corrected chi connectivity index (χ3v) is 6.53. The van der Waals surface area contributed by atoms with E-state index in [1.54, 1.807) is 32.9 Å². The second kappa shape index (κ2) is 10.2. The number of carbonyl (C=O) groups is 1. The number of alkyl carbamates (subject to hydrolysis) is 1. The fourth-order valence-electron chi connectivity index (χ4n) is 4.91. The Morgan fingerprint density at radius 1 is 1.12 bits per heavy atom. The van der Waals surface area contributed by atoms with Gasteiger partial charge in [-0.1, -0.05) is 12.1 Å². The summed E-state index contributed by atoms with van der Waals surface area (Å²) < 4.78 is 69.2. The van der Waals surface area contributed by atoms with Crippen molar-refractivity contribution in [2.24, 2.45) is 0 Å². The highest BCUT2D eigenvalue weighted by Gasteiger charge is 2.47. The molecular formula is C27H28F4N6O3. The molecule has 40 heavy (non-hydrogen) atoms. The summed E-state index contributed by atoms with van der Waals surface area (Å²) in [4.78, 5) is 18.0. The SMILES string of the molecule is COc1cc(F)cc2ccc(-c3nnc4ccc([C@@H](N5CC[C@H](NC(=O)OC(C)(C)C)C5)C(F)(F)F)cn34)nc12. The van der Waals surface area contributed by atoms with Crippen LogP contribution in [-0.2, 0) is 4.74 Å². The highest BCUT2D eigenvalue weighted by molar-refractivity contribution is 5.86. The molecule has 0 aliphatic carbocycles. The number of benzene rings is 1. The number of halogens is 4. The van der Waals surface area contributed by atoms with Crippen LogP contribution < -0.4 is 10.1 Å². The number of rotatable bonds is 5. The number of likely N-dealkylation sites (tertiary alicyclic amines) is 1. The van der Waals surface area contributed by atoms with E-state index in [0.29, 0.717) is 28.7 Å². The van der Waals surface area contributed by atoms with E-state index in [1.165, 1.54) is 46.9 Å². The number of alkyl halides is 3. The zero-order valence-corrected chi connectivity index (χ0v) is 22.3. The van der Waals surface area contributed by atoms with Crippen LogP contribution in [0.25, 0.3) is 28.1 Å². The van der Waals surface area contributed by atoms with Crippen molar-refractivity contribution in [1.29, 1.82) is 0 Å². The fraction of sp³-hybridized carbons (Fsp3) is 0.407. The summed E-state index contributed by atoms with van der Waals surface area (Å²) in [7, 11) is 1.39. The first-order chi connectivity index (χ1) is 18.8. The molecule has 5 rings (SSSR count). The van der Waals surface area contributed by atoms with Crippen LogP contribution >= 0.6 is 0 Å². The number of aromatic nitrogens is 4. The molecule has 0 bridgehead atoms. The Bertz CT molecular complexity index is 1570. The number of fused-ring (bicyclic) bond motifs is 2. The van der Waals surface area contributed by atoms with E-state index in [2.05, 4.69) is 20.5 Å². The van der Waals surface area contributed by atoms with Crippen molar-refractivity contribution in [2.45, 2.75) is 51.1 Å². The molecule has 1 aliphatic rings. The molecule has 2 atom stereocenters. The van der Waals surface area contributed by atoms with E-state index in [0.717, 1.165) is 0 Å². The number of nitrogens with zero attached hydrogens (tertiary/aromatic N) is 5. The van der Waals surface area contributed by atoms with E-state index in [4.69, 9.17) is 9.47 Å². The maximum Gasteiger partial charge on any atom is 0.408 e. The van der Waals surface area contributed by atoms with Gasteiger partial charge in [0.1, 0.15) is 34.4 Å². The highest BCUT2D eigenvalue weighted by Crippen LogP contribution is 2.40. The third kappa shape index (κ3) is 5.64. The lowest BCUT2D eigenvalue weighted by Gasteiger charge is -2.30. The summed E-state index contributed by atoms with van der Waals surface area (Å²) in [5, 5.41) is 11.4. The van der Waals surface area contributed by atoms with Crippen LogP contribution in [-0.4, -0.2) is 68.6 Å². The lowest BCUT2D eigenvalue weighted by molar-refractivity contribution is -0.184. The van der Waals surface area contributed by atoms with Crippen molar-refractivity contribution in [1.82, 2.24) is 29.8 Å². The largest absolute Gasteiger partial charge is 0.494 e. The normalized spacial score (nSPS) is 17.4. The van der Waals surface area contributed by atoms with Gasteiger partial charge >= 0.3 is 12.3 Å². The van der Waals surface area contributed by atoms with Gasteiger partial charge in [-0.05, 0) is 51.0 Å². The predicted molar refractivity (Wildman–Crippen MR) is 138 cm³/mol. The van der Waals surface area contributed by atoms with Gasteiger partial charge in [-0.25, -0.2) is 14.2 Å². The number of hydrogen-bond donors (Lipinski definition) is 1. The molecular weight excluding hydrogens is 532 g/mol. The van der Waals surface area contributed by atoms with Crippen LogP contribution in [0.1, 0.15) is 38.8 Å². The Hall–Kier alpha value is -4.00. The number of pyridine rings is 2. The molecule has 3 aromatic heterocycles. The lowest BCUT2D eigenvalue weighted by Crippen LogP contribution is -2.42. The maximum absolute atomic E-state index is 14.5. The van der Waals surface area contributed by atoms with Crippen molar-refractivity contribution in [2.75, 3.05) is 20.2 Å². The summed E-state index contributed by atoms with van der Waals surface area (Å²) in [6.07, 6.45) is -3.57. The predicted octanol–water partition coefficient (Wildman–Crippen LogP) is 5.29. The van der Waals surface area contributed by atoms with Gasteiger partial charge in [0.2, 0.25) is 0 Å². The van der Waals surface area contributed by atoms with E-state index in [9.17, 15) is 22.4 Å². The van der Waals surface area contributed by atoms with Crippen molar-refractivity contribution in [3.63, 3.8) is 0 Å². The highest BCUT2D eigenvalue weighted by atomic mass is 19.4. The van der Waals surface area contributed by atoms with Gasteiger partial charge < -0.3 is 14.8 Å². The van der Waals surface area contributed by atoms with Crippen LogP contribution in [0.4, 0.5) is 22.4 Å². The van der Waals surface area contributed by atoms with E-state index in [-0.39, 0.29) is 30.2 Å². The van der Waals surface area contributed by atoms with Crippen LogP contribution in [0.3, 0.4) is 0 Å². The quantitative estimate of drug-likeness (QED) is 0.332. The molecule has 0 unspecified atom stereocenters. The molecule has 0 radical (unpaired) electrons. The molecule has 1 amide bonds. The molecule has 9 nitrogen and oxygen atoms in total. The average Bonchev–Trinajstić information content (AvgIpc) is 3.48. The van der Waals surface area contributed by atoms with E-state index >= 15 is 0 Å². The summed E-state index contributed by atoms with van der Waals surface area (Å²) in [6.45, 7) is 5.27. The Kier molecular flexibility index (Phi) is 7.02.